The highest BCUT2D eigenvalue weighted by Gasteiger charge is 2.54. The highest BCUT2D eigenvalue weighted by Crippen LogP contribution is 2.46. The lowest BCUT2D eigenvalue weighted by molar-refractivity contribution is -0.153. The summed E-state index contributed by atoms with van der Waals surface area (Å²) in [5, 5.41) is 2.34. The molecule has 0 saturated carbocycles. The van der Waals surface area contributed by atoms with Crippen molar-refractivity contribution in [2.24, 2.45) is 0 Å². The number of benzene rings is 4. The highest BCUT2D eigenvalue weighted by molar-refractivity contribution is 8.06. The number of fused-ring (bicyclic) bond motifs is 1. The lowest BCUT2D eigenvalue weighted by atomic mass is 10.0. The van der Waals surface area contributed by atoms with E-state index in [0.29, 0.717) is 21.3 Å². The molecule has 0 unspecified atom stereocenters. The molecule has 0 aliphatic carbocycles. The zero-order valence-corrected chi connectivity index (χ0v) is 25.9. The molecule has 0 radical (unpaired) electrons. The Bertz CT molecular complexity index is 1750. The minimum atomic E-state index is -0.788. The average Bonchev–Trinajstić information content (AvgIpc) is 3.07. The number of β-lactam (4-membered cyclic amide) rings is 1. The van der Waals surface area contributed by atoms with Crippen LogP contribution in [0.4, 0.5) is 4.39 Å². The lowest BCUT2D eigenvalue weighted by Crippen LogP contribution is -2.70. The molecule has 0 aromatic heterocycles. The van der Waals surface area contributed by atoms with Gasteiger partial charge in [-0.1, -0.05) is 90.6 Å². The quantitative estimate of drug-likeness (QED) is 0.164. The smallest absolute Gasteiger partial charge is 0.356 e. The number of esters is 1. The summed E-state index contributed by atoms with van der Waals surface area (Å²) < 4.78 is 26.3. The van der Waals surface area contributed by atoms with Crippen molar-refractivity contribution in [3.63, 3.8) is 0 Å². The Kier molecular flexibility index (Phi) is 9.23. The van der Waals surface area contributed by atoms with Gasteiger partial charge in [0.05, 0.1) is 13.5 Å². The molecule has 1 fully saturated rings. The summed E-state index contributed by atoms with van der Waals surface area (Å²) in [4.78, 5) is 42.1. The molecule has 2 atom stereocenters. The molecule has 1 saturated heterocycles. The van der Waals surface area contributed by atoms with Gasteiger partial charge in [0.15, 0.2) is 0 Å². The molecule has 0 spiro atoms. The first kappa shape index (κ1) is 30.5. The number of rotatable bonds is 10. The SMILES string of the molecule is COc1ccc(COC(=O)C2=C(Sc3ccc(-c4ccccc4)cc3F)CS[C@@H]3[C@H](NC(=O)Cc4ccccc4)C(=O)N23)cc1. The Labute approximate surface area is 268 Å². The van der Waals surface area contributed by atoms with E-state index in [1.165, 1.54) is 22.7 Å². The van der Waals surface area contributed by atoms with Crippen molar-refractivity contribution in [1.82, 2.24) is 10.2 Å². The molecule has 45 heavy (non-hydrogen) atoms. The number of methoxy groups -OCH3 is 1. The van der Waals surface area contributed by atoms with E-state index in [4.69, 9.17) is 9.47 Å². The fourth-order valence-corrected chi connectivity index (χ4v) is 7.60. The number of halogens is 1. The predicted molar refractivity (Wildman–Crippen MR) is 173 cm³/mol. The second-order valence-electron chi connectivity index (χ2n) is 10.4. The van der Waals surface area contributed by atoms with E-state index in [1.807, 2.05) is 66.7 Å². The van der Waals surface area contributed by atoms with Crippen LogP contribution >= 0.6 is 23.5 Å². The second-order valence-corrected chi connectivity index (χ2v) is 12.7. The first-order valence-electron chi connectivity index (χ1n) is 14.3. The number of ether oxygens (including phenoxy) is 2. The Hall–Kier alpha value is -4.54. The number of amides is 2. The van der Waals surface area contributed by atoms with E-state index in [-0.39, 0.29) is 24.6 Å². The van der Waals surface area contributed by atoms with Crippen LogP contribution in [0.3, 0.4) is 0 Å². The normalized spacial score (nSPS) is 17.3. The van der Waals surface area contributed by atoms with Crippen molar-refractivity contribution < 1.29 is 28.2 Å². The molecular formula is C35H29FN2O5S2. The summed E-state index contributed by atoms with van der Waals surface area (Å²) in [5.41, 5.74) is 3.26. The summed E-state index contributed by atoms with van der Waals surface area (Å²) in [6, 6.07) is 30.0. The Morgan fingerprint density at radius 1 is 0.933 bits per heavy atom. The summed E-state index contributed by atoms with van der Waals surface area (Å²) in [6.45, 7) is -0.0263. The molecule has 10 heteroatoms. The van der Waals surface area contributed by atoms with E-state index in [1.54, 1.807) is 37.4 Å². The number of hydrogen-bond donors (Lipinski definition) is 1. The van der Waals surface area contributed by atoms with Gasteiger partial charge in [0.2, 0.25) is 5.91 Å². The largest absolute Gasteiger partial charge is 0.497 e. The van der Waals surface area contributed by atoms with E-state index in [0.717, 1.165) is 34.0 Å². The number of carbonyl (C=O) groups is 3. The van der Waals surface area contributed by atoms with E-state index >= 15 is 4.39 Å². The molecule has 4 aromatic carbocycles. The third kappa shape index (κ3) is 6.77. The topological polar surface area (TPSA) is 84.9 Å². The summed E-state index contributed by atoms with van der Waals surface area (Å²) in [6.07, 6.45) is 0.133. The van der Waals surface area contributed by atoms with Gasteiger partial charge in [-0.15, -0.1) is 11.8 Å². The zero-order valence-electron chi connectivity index (χ0n) is 24.3. The predicted octanol–water partition coefficient (Wildman–Crippen LogP) is 6.19. The minimum absolute atomic E-state index is 0.0263. The van der Waals surface area contributed by atoms with Crippen LogP contribution in [-0.2, 0) is 32.1 Å². The van der Waals surface area contributed by atoms with Crippen LogP contribution in [0.5, 0.6) is 5.75 Å². The van der Waals surface area contributed by atoms with Gasteiger partial charge in [-0.2, -0.15) is 0 Å². The van der Waals surface area contributed by atoms with Gasteiger partial charge < -0.3 is 14.8 Å². The van der Waals surface area contributed by atoms with Crippen LogP contribution in [-0.4, -0.2) is 47.0 Å². The van der Waals surface area contributed by atoms with E-state index in [2.05, 4.69) is 5.32 Å². The summed E-state index contributed by atoms with van der Waals surface area (Å²) in [7, 11) is 1.57. The average molecular weight is 641 g/mol. The Morgan fingerprint density at radius 2 is 1.64 bits per heavy atom. The van der Waals surface area contributed by atoms with Gasteiger partial charge in [0, 0.05) is 15.6 Å². The number of hydrogen-bond acceptors (Lipinski definition) is 7. The van der Waals surface area contributed by atoms with Gasteiger partial charge >= 0.3 is 5.97 Å². The molecular weight excluding hydrogens is 612 g/mol. The number of carbonyl (C=O) groups excluding carboxylic acids is 3. The maximum atomic E-state index is 15.4. The first-order valence-corrected chi connectivity index (χ1v) is 16.1. The van der Waals surface area contributed by atoms with Gasteiger partial charge in [-0.3, -0.25) is 14.5 Å². The van der Waals surface area contributed by atoms with Crippen molar-refractivity contribution in [3.8, 4) is 16.9 Å². The first-order chi connectivity index (χ1) is 21.9. The van der Waals surface area contributed by atoms with Crippen LogP contribution in [0.15, 0.2) is 119 Å². The molecule has 7 nitrogen and oxygen atoms in total. The summed E-state index contributed by atoms with van der Waals surface area (Å²) >= 11 is 2.52. The van der Waals surface area contributed by atoms with Gasteiger partial charge in [0.25, 0.3) is 5.91 Å². The Balaban J connectivity index is 1.23. The van der Waals surface area contributed by atoms with Crippen LogP contribution in [0, 0.1) is 5.82 Å². The van der Waals surface area contributed by atoms with Gasteiger partial charge in [-0.25, -0.2) is 9.18 Å². The van der Waals surface area contributed by atoms with E-state index < -0.39 is 29.1 Å². The number of nitrogens with one attached hydrogen (secondary N) is 1. The fraction of sp³-hybridized carbons (Fsp3) is 0.171. The Morgan fingerprint density at radius 3 is 2.33 bits per heavy atom. The monoisotopic (exact) mass is 640 g/mol. The molecule has 2 aliphatic heterocycles. The molecule has 2 heterocycles. The molecule has 228 valence electrons. The van der Waals surface area contributed by atoms with Crippen LogP contribution in [0.2, 0.25) is 0 Å². The van der Waals surface area contributed by atoms with Crippen LogP contribution < -0.4 is 10.1 Å². The molecule has 0 bridgehead atoms. The van der Waals surface area contributed by atoms with Crippen molar-refractivity contribution in [2.75, 3.05) is 12.9 Å². The maximum absolute atomic E-state index is 15.4. The molecule has 4 aromatic rings. The highest BCUT2D eigenvalue weighted by atomic mass is 32.2. The minimum Gasteiger partial charge on any atom is -0.497 e. The standard InChI is InChI=1S/C35H29FN2O5S2/c1-42-26-15-12-23(13-16-26)20-43-35(41)32-29(45-28-17-14-25(19-27(28)36)24-10-6-3-7-11-24)21-44-34-31(33(40)38(32)34)37-30(39)18-22-8-4-2-5-9-22/h2-17,19,31,34H,18,20-21H2,1H3,(H,37,39)/t31-,34-/m1/s1. The molecule has 6 rings (SSSR count). The maximum Gasteiger partial charge on any atom is 0.356 e. The fourth-order valence-electron chi connectivity index (χ4n) is 5.13. The van der Waals surface area contributed by atoms with Crippen molar-refractivity contribution in [3.05, 3.63) is 131 Å². The van der Waals surface area contributed by atoms with Crippen LogP contribution in [0.25, 0.3) is 11.1 Å². The van der Waals surface area contributed by atoms with Crippen LogP contribution in [0.1, 0.15) is 11.1 Å². The number of nitrogens with zero attached hydrogens (tertiary/aromatic N) is 1. The van der Waals surface area contributed by atoms with Crippen molar-refractivity contribution in [1.29, 1.82) is 0 Å². The second kappa shape index (κ2) is 13.6. The lowest BCUT2D eigenvalue weighted by Gasteiger charge is -2.49. The van der Waals surface area contributed by atoms with E-state index in [9.17, 15) is 14.4 Å². The third-order valence-corrected chi connectivity index (χ3v) is 10.0. The van der Waals surface area contributed by atoms with Gasteiger partial charge in [0.1, 0.15) is 35.3 Å². The van der Waals surface area contributed by atoms with Crippen molar-refractivity contribution >= 4 is 41.3 Å². The molecule has 1 N–H and O–H groups in total. The molecule has 2 amide bonds. The number of thioether (sulfide) groups is 2. The third-order valence-electron chi connectivity index (χ3n) is 7.45. The van der Waals surface area contributed by atoms with Crippen molar-refractivity contribution in [2.45, 2.75) is 29.3 Å². The zero-order chi connectivity index (χ0) is 31.3. The molecule has 2 aliphatic rings. The van der Waals surface area contributed by atoms with Gasteiger partial charge in [-0.05, 0) is 46.5 Å². The summed E-state index contributed by atoms with van der Waals surface area (Å²) in [5.74, 6) is -0.825.